The third-order valence-corrected chi connectivity index (χ3v) is 3.82. The first-order chi connectivity index (χ1) is 9.61. The van der Waals surface area contributed by atoms with Crippen molar-refractivity contribution in [2.45, 2.75) is 19.1 Å². The third-order valence-electron chi connectivity index (χ3n) is 2.65. The van der Waals surface area contributed by atoms with Crippen molar-refractivity contribution >= 4 is 11.8 Å². The minimum Gasteiger partial charge on any atom is -0.493 e. The highest BCUT2D eigenvalue weighted by molar-refractivity contribution is 7.98. The second-order valence-electron chi connectivity index (χ2n) is 4.27. The first-order valence-electron chi connectivity index (χ1n) is 6.27. The summed E-state index contributed by atoms with van der Waals surface area (Å²) in [7, 11) is 0. The van der Waals surface area contributed by atoms with Crippen LogP contribution in [-0.2, 0) is 5.75 Å². The number of nitrogens with one attached hydrogen (secondary N) is 1. The van der Waals surface area contributed by atoms with Crippen LogP contribution in [0.25, 0.3) is 11.1 Å². The van der Waals surface area contributed by atoms with E-state index in [-0.39, 0.29) is 11.4 Å². The molecule has 0 amide bonds. The highest BCUT2D eigenvalue weighted by Crippen LogP contribution is 2.24. The normalized spacial score (nSPS) is 10.7. The minimum absolute atomic E-state index is 0.00579. The van der Waals surface area contributed by atoms with E-state index < -0.39 is 11.4 Å². The molecular formula is C14H15FN2O2S. The van der Waals surface area contributed by atoms with Gasteiger partial charge in [-0.15, -0.1) is 0 Å². The van der Waals surface area contributed by atoms with Crippen molar-refractivity contribution in [3.05, 3.63) is 46.3 Å². The number of benzene rings is 1. The predicted octanol–water partition coefficient (Wildman–Crippen LogP) is 2.92. The summed E-state index contributed by atoms with van der Waals surface area (Å²) in [6, 6.07) is 5.50. The molecule has 0 bridgehead atoms. The maximum absolute atomic E-state index is 13.2. The zero-order valence-electron chi connectivity index (χ0n) is 11.0. The number of hydrogen-bond acceptors (Lipinski definition) is 4. The first-order valence-corrected chi connectivity index (χ1v) is 7.43. The number of thioether (sulfide) groups is 1. The fraction of sp³-hybridized carbons (Fsp3) is 0.286. The molecule has 6 heteroatoms. The van der Waals surface area contributed by atoms with Crippen molar-refractivity contribution < 1.29 is 9.50 Å². The van der Waals surface area contributed by atoms with E-state index in [2.05, 4.69) is 16.9 Å². The van der Waals surface area contributed by atoms with E-state index in [1.54, 1.807) is 17.8 Å². The van der Waals surface area contributed by atoms with E-state index in [1.807, 2.05) is 0 Å². The molecule has 0 unspecified atom stereocenters. The van der Waals surface area contributed by atoms with E-state index in [9.17, 15) is 14.3 Å². The van der Waals surface area contributed by atoms with Gasteiger partial charge in [0.1, 0.15) is 17.2 Å². The van der Waals surface area contributed by atoms with Crippen LogP contribution in [0.1, 0.15) is 19.2 Å². The van der Waals surface area contributed by atoms with Gasteiger partial charge >= 0.3 is 0 Å². The molecular weight excluding hydrogens is 279 g/mol. The Hall–Kier alpha value is -1.82. The second kappa shape index (κ2) is 6.56. The fourth-order valence-electron chi connectivity index (χ4n) is 1.79. The lowest BCUT2D eigenvalue weighted by atomic mass is 10.1. The van der Waals surface area contributed by atoms with Crippen LogP contribution in [0.3, 0.4) is 0 Å². The summed E-state index contributed by atoms with van der Waals surface area (Å²) in [6.07, 6.45) is 1.03. The Morgan fingerprint density at radius 1 is 1.45 bits per heavy atom. The maximum Gasteiger partial charge on any atom is 0.262 e. The smallest absolute Gasteiger partial charge is 0.262 e. The molecule has 0 fully saturated rings. The number of nitrogens with zero attached hydrogens (tertiary/aromatic N) is 1. The van der Waals surface area contributed by atoms with Crippen molar-refractivity contribution in [1.29, 1.82) is 0 Å². The summed E-state index contributed by atoms with van der Waals surface area (Å²) < 4.78 is 13.2. The highest BCUT2D eigenvalue weighted by Gasteiger charge is 2.13. The van der Waals surface area contributed by atoms with Gasteiger partial charge in [0, 0.05) is 0 Å². The van der Waals surface area contributed by atoms with Crippen LogP contribution in [0.5, 0.6) is 5.88 Å². The summed E-state index contributed by atoms with van der Waals surface area (Å²) in [6.45, 7) is 2.06. The lowest BCUT2D eigenvalue weighted by Gasteiger charge is -2.06. The molecule has 4 nitrogen and oxygen atoms in total. The number of halogens is 1. The summed E-state index contributed by atoms with van der Waals surface area (Å²) in [4.78, 5) is 18.6. The van der Waals surface area contributed by atoms with Crippen molar-refractivity contribution in [3.8, 4) is 17.0 Å². The van der Waals surface area contributed by atoms with Crippen molar-refractivity contribution in [1.82, 2.24) is 9.97 Å². The van der Waals surface area contributed by atoms with Crippen LogP contribution in [0.2, 0.25) is 0 Å². The third kappa shape index (κ3) is 3.39. The van der Waals surface area contributed by atoms with Crippen molar-refractivity contribution in [2.24, 2.45) is 0 Å². The van der Waals surface area contributed by atoms with Crippen molar-refractivity contribution in [2.75, 3.05) is 5.75 Å². The Morgan fingerprint density at radius 3 is 2.90 bits per heavy atom. The van der Waals surface area contributed by atoms with Gasteiger partial charge in [0.15, 0.2) is 0 Å². The molecule has 0 aliphatic rings. The van der Waals surface area contributed by atoms with Gasteiger partial charge in [-0.25, -0.2) is 4.39 Å². The number of H-pyrrole nitrogens is 1. The Bertz CT molecular complexity index is 658. The monoisotopic (exact) mass is 294 g/mol. The molecule has 106 valence electrons. The summed E-state index contributed by atoms with van der Waals surface area (Å²) in [5, 5.41) is 9.91. The molecule has 2 N–H and O–H groups in total. The topological polar surface area (TPSA) is 66.0 Å². The van der Waals surface area contributed by atoms with Gasteiger partial charge in [0.25, 0.3) is 5.56 Å². The standard InChI is InChI=1S/C14H15FN2O2S/c1-2-6-20-8-11-16-13(18)12(14(19)17-11)9-4-3-5-10(15)7-9/h3-5,7H,2,6,8H2,1H3,(H2,16,17,18,19). The first kappa shape index (κ1) is 14.6. The van der Waals surface area contributed by atoms with Gasteiger partial charge in [-0.05, 0) is 29.9 Å². The molecule has 1 aromatic heterocycles. The lowest BCUT2D eigenvalue weighted by molar-refractivity contribution is 0.451. The van der Waals surface area contributed by atoms with Crippen LogP contribution in [0, 0.1) is 5.82 Å². The van der Waals surface area contributed by atoms with E-state index in [4.69, 9.17) is 0 Å². The fourth-order valence-corrected chi connectivity index (χ4v) is 2.56. The van der Waals surface area contributed by atoms with Crippen LogP contribution in [0.15, 0.2) is 29.1 Å². The van der Waals surface area contributed by atoms with Crippen molar-refractivity contribution in [3.63, 3.8) is 0 Å². The van der Waals surface area contributed by atoms with E-state index in [1.165, 1.54) is 18.2 Å². The predicted molar refractivity (Wildman–Crippen MR) is 78.4 cm³/mol. The molecule has 0 saturated carbocycles. The molecule has 0 aliphatic heterocycles. The number of aromatic hydroxyl groups is 1. The number of aromatic nitrogens is 2. The van der Waals surface area contributed by atoms with Crippen LogP contribution >= 0.6 is 11.8 Å². The van der Waals surface area contributed by atoms with Crippen LogP contribution < -0.4 is 5.56 Å². The summed E-state index contributed by atoms with van der Waals surface area (Å²) in [5.41, 5.74) is -0.159. The SMILES string of the molecule is CCCSCc1nc(O)c(-c2cccc(F)c2)c(=O)[nH]1. The highest BCUT2D eigenvalue weighted by atomic mass is 32.2. The largest absolute Gasteiger partial charge is 0.493 e. The molecule has 1 aromatic carbocycles. The Labute approximate surface area is 120 Å². The summed E-state index contributed by atoms with van der Waals surface area (Å²) >= 11 is 1.62. The van der Waals surface area contributed by atoms with Crippen LogP contribution in [0.4, 0.5) is 4.39 Å². The average Bonchev–Trinajstić information content (AvgIpc) is 2.38. The van der Waals surface area contributed by atoms with E-state index in [0.717, 1.165) is 12.2 Å². The molecule has 0 aliphatic carbocycles. The molecule has 1 heterocycles. The zero-order chi connectivity index (χ0) is 14.5. The van der Waals surface area contributed by atoms with Crippen LogP contribution in [-0.4, -0.2) is 20.8 Å². The Balaban J connectivity index is 2.34. The van der Waals surface area contributed by atoms with Gasteiger partial charge in [-0.2, -0.15) is 16.7 Å². The van der Waals surface area contributed by atoms with Gasteiger partial charge in [0.2, 0.25) is 5.88 Å². The number of hydrogen-bond donors (Lipinski definition) is 2. The van der Waals surface area contributed by atoms with E-state index in [0.29, 0.717) is 17.1 Å². The average molecular weight is 294 g/mol. The van der Waals surface area contributed by atoms with Gasteiger partial charge in [-0.3, -0.25) is 4.79 Å². The Morgan fingerprint density at radius 2 is 2.25 bits per heavy atom. The molecule has 2 aromatic rings. The van der Waals surface area contributed by atoms with Gasteiger partial charge in [-0.1, -0.05) is 19.1 Å². The summed E-state index contributed by atoms with van der Waals surface area (Å²) in [5.74, 6) is 1.07. The maximum atomic E-state index is 13.2. The zero-order valence-corrected chi connectivity index (χ0v) is 11.8. The number of aromatic amines is 1. The van der Waals surface area contributed by atoms with E-state index >= 15 is 0 Å². The lowest BCUT2D eigenvalue weighted by Crippen LogP contribution is -2.13. The minimum atomic E-state index is -0.469. The molecule has 2 rings (SSSR count). The van der Waals surface area contributed by atoms with Gasteiger partial charge in [0.05, 0.1) is 5.75 Å². The second-order valence-corrected chi connectivity index (χ2v) is 5.38. The quantitative estimate of drug-likeness (QED) is 0.832. The molecule has 0 spiro atoms. The van der Waals surface area contributed by atoms with Gasteiger partial charge < -0.3 is 10.1 Å². The molecule has 0 atom stereocenters. The molecule has 0 saturated heterocycles. The molecule has 20 heavy (non-hydrogen) atoms. The molecule has 0 radical (unpaired) electrons. The number of rotatable bonds is 5. The Kier molecular flexibility index (Phi) is 4.79.